The fourth-order valence-corrected chi connectivity index (χ4v) is 1.18. The number of nitrogens with two attached hydrogens (primary N) is 1. The molecule has 0 spiro atoms. The summed E-state index contributed by atoms with van der Waals surface area (Å²) in [7, 11) is 0. The van der Waals surface area contributed by atoms with Crippen molar-refractivity contribution in [2.24, 2.45) is 5.73 Å². The maximum absolute atomic E-state index is 11.4. The predicted molar refractivity (Wildman–Crippen MR) is 61.2 cm³/mol. The van der Waals surface area contributed by atoms with Crippen LogP contribution in [0.2, 0.25) is 0 Å². The first kappa shape index (κ1) is 12.1. The molecule has 1 amide bonds. The Hall–Kier alpha value is -1.01. The van der Waals surface area contributed by atoms with Crippen molar-refractivity contribution in [2.75, 3.05) is 5.32 Å². The number of rotatable bonds is 3. The lowest BCUT2D eigenvalue weighted by atomic mass is 10.0. The van der Waals surface area contributed by atoms with Gasteiger partial charge in [-0.2, -0.15) is 0 Å². The molecule has 0 saturated heterocycles. The minimum Gasteiger partial charge on any atom is -0.325 e. The van der Waals surface area contributed by atoms with Crippen LogP contribution >= 0.6 is 15.9 Å². The van der Waals surface area contributed by atoms with Crippen LogP contribution < -0.4 is 11.1 Å². The summed E-state index contributed by atoms with van der Waals surface area (Å²) in [6.45, 7) is 3.58. The molecule has 0 bridgehead atoms. The second-order valence-corrected chi connectivity index (χ2v) is 4.75. The molecule has 0 unspecified atom stereocenters. The van der Waals surface area contributed by atoms with E-state index in [1.807, 2.05) is 0 Å². The number of halogens is 1. The van der Waals surface area contributed by atoms with Crippen LogP contribution in [0.5, 0.6) is 0 Å². The molecule has 3 N–H and O–H groups in total. The number of carbonyl (C=O) groups is 1. The largest absolute Gasteiger partial charge is 0.325 e. The molecule has 0 atom stereocenters. The molecule has 0 aliphatic rings. The number of hydrogen-bond donors (Lipinski definition) is 2. The van der Waals surface area contributed by atoms with Gasteiger partial charge in [-0.15, -0.1) is 0 Å². The Bertz CT molecular complexity index is 344. The Morgan fingerprint density at radius 1 is 1.53 bits per heavy atom. The van der Waals surface area contributed by atoms with E-state index in [2.05, 4.69) is 31.2 Å². The average Bonchev–Trinajstić information content (AvgIpc) is 2.05. The second kappa shape index (κ2) is 4.67. The van der Waals surface area contributed by atoms with E-state index in [1.54, 1.807) is 13.8 Å². The van der Waals surface area contributed by atoms with Crippen LogP contribution in [-0.2, 0) is 4.79 Å². The highest BCUT2D eigenvalue weighted by atomic mass is 79.9. The molecule has 1 rings (SSSR count). The van der Waals surface area contributed by atoms with Gasteiger partial charge in [0.15, 0.2) is 5.82 Å². The van der Waals surface area contributed by atoms with Crippen LogP contribution in [0.25, 0.3) is 0 Å². The summed E-state index contributed by atoms with van der Waals surface area (Å²) < 4.78 is 0.625. The normalized spacial score (nSPS) is 11.2. The average molecular weight is 273 g/mol. The second-order valence-electron chi connectivity index (χ2n) is 3.94. The molecular weight excluding hydrogens is 260 g/mol. The number of aromatic nitrogens is 2. The molecule has 0 aliphatic heterocycles. The third kappa shape index (κ3) is 4.85. The molecular formula is C9H13BrN4O. The molecule has 1 aromatic heterocycles. The molecule has 1 aromatic rings. The molecule has 1 heterocycles. The molecule has 82 valence electrons. The lowest BCUT2D eigenvalue weighted by molar-refractivity contribution is -0.117. The predicted octanol–water partition coefficient (Wildman–Crippen LogP) is 1.30. The first-order valence-corrected chi connectivity index (χ1v) is 5.22. The Labute approximate surface area is 96.6 Å². The highest BCUT2D eigenvalue weighted by molar-refractivity contribution is 9.10. The maximum atomic E-state index is 11.4. The van der Waals surface area contributed by atoms with E-state index >= 15 is 0 Å². The Kier molecular flexibility index (Phi) is 3.76. The third-order valence-electron chi connectivity index (χ3n) is 1.50. The molecule has 15 heavy (non-hydrogen) atoms. The summed E-state index contributed by atoms with van der Waals surface area (Å²) >= 11 is 3.15. The highest BCUT2D eigenvalue weighted by Crippen LogP contribution is 2.09. The number of carbonyl (C=O) groups excluding carboxylic acids is 1. The molecule has 5 nitrogen and oxygen atoms in total. The topological polar surface area (TPSA) is 80.9 Å². The molecule has 0 fully saturated rings. The van der Waals surface area contributed by atoms with Gasteiger partial charge in [0.2, 0.25) is 5.91 Å². The maximum Gasteiger partial charge on any atom is 0.227 e. The molecule has 0 aromatic carbocycles. The quantitative estimate of drug-likeness (QED) is 0.869. The van der Waals surface area contributed by atoms with Crippen LogP contribution in [-0.4, -0.2) is 21.4 Å². The van der Waals surface area contributed by atoms with Gasteiger partial charge >= 0.3 is 0 Å². The lowest BCUT2D eigenvalue weighted by Gasteiger charge is -2.17. The van der Waals surface area contributed by atoms with E-state index < -0.39 is 5.54 Å². The summed E-state index contributed by atoms with van der Waals surface area (Å²) in [5.41, 5.74) is 5.19. The van der Waals surface area contributed by atoms with E-state index in [9.17, 15) is 4.79 Å². The third-order valence-corrected chi connectivity index (χ3v) is 1.91. The van der Waals surface area contributed by atoms with Crippen molar-refractivity contribution in [3.05, 3.63) is 17.0 Å². The zero-order chi connectivity index (χ0) is 11.5. The van der Waals surface area contributed by atoms with Gasteiger partial charge in [0.1, 0.15) is 4.60 Å². The van der Waals surface area contributed by atoms with Gasteiger partial charge < -0.3 is 11.1 Å². The monoisotopic (exact) mass is 272 g/mol. The Balaban J connectivity index is 2.55. The van der Waals surface area contributed by atoms with E-state index in [4.69, 9.17) is 5.73 Å². The number of hydrogen-bond acceptors (Lipinski definition) is 4. The van der Waals surface area contributed by atoms with Crippen LogP contribution in [0.15, 0.2) is 17.0 Å². The zero-order valence-corrected chi connectivity index (χ0v) is 10.2. The summed E-state index contributed by atoms with van der Waals surface area (Å²) in [5.74, 6) is 0.256. The fourth-order valence-electron chi connectivity index (χ4n) is 0.978. The number of amides is 1. The number of nitrogens with zero attached hydrogens (tertiary/aromatic N) is 2. The van der Waals surface area contributed by atoms with E-state index in [-0.39, 0.29) is 12.3 Å². The molecule has 0 radical (unpaired) electrons. The van der Waals surface area contributed by atoms with Crippen molar-refractivity contribution in [1.29, 1.82) is 0 Å². The summed E-state index contributed by atoms with van der Waals surface area (Å²) in [4.78, 5) is 19.3. The minimum atomic E-state index is -0.521. The van der Waals surface area contributed by atoms with E-state index in [0.29, 0.717) is 10.4 Å². The van der Waals surface area contributed by atoms with Gasteiger partial charge in [-0.05, 0) is 29.8 Å². The van der Waals surface area contributed by atoms with Gasteiger partial charge in [0, 0.05) is 12.0 Å². The SMILES string of the molecule is CC(C)(N)CC(=O)Nc1cnc(Br)cn1. The van der Waals surface area contributed by atoms with Crippen LogP contribution in [0.1, 0.15) is 20.3 Å². The summed E-state index contributed by atoms with van der Waals surface area (Å²) in [6.07, 6.45) is 3.24. The lowest BCUT2D eigenvalue weighted by Crippen LogP contribution is -2.36. The Morgan fingerprint density at radius 2 is 2.20 bits per heavy atom. The van der Waals surface area contributed by atoms with Crippen molar-refractivity contribution in [2.45, 2.75) is 25.8 Å². The first-order valence-electron chi connectivity index (χ1n) is 4.43. The van der Waals surface area contributed by atoms with Crippen LogP contribution in [0.3, 0.4) is 0 Å². The van der Waals surface area contributed by atoms with Crippen LogP contribution in [0, 0.1) is 0 Å². The molecule has 0 saturated carbocycles. The zero-order valence-electron chi connectivity index (χ0n) is 8.62. The van der Waals surface area contributed by atoms with Crippen molar-refractivity contribution in [1.82, 2.24) is 9.97 Å². The van der Waals surface area contributed by atoms with Crippen molar-refractivity contribution < 1.29 is 4.79 Å². The van der Waals surface area contributed by atoms with Gasteiger partial charge in [-0.3, -0.25) is 4.79 Å². The van der Waals surface area contributed by atoms with Crippen molar-refractivity contribution in [3.8, 4) is 0 Å². The smallest absolute Gasteiger partial charge is 0.227 e. The van der Waals surface area contributed by atoms with Crippen molar-refractivity contribution in [3.63, 3.8) is 0 Å². The number of anilines is 1. The summed E-state index contributed by atoms with van der Waals surface area (Å²) in [6, 6.07) is 0. The number of nitrogens with one attached hydrogen (secondary N) is 1. The van der Waals surface area contributed by atoms with Gasteiger partial charge in [0.25, 0.3) is 0 Å². The van der Waals surface area contributed by atoms with E-state index in [0.717, 1.165) is 0 Å². The first-order chi connectivity index (χ1) is 6.87. The standard InChI is InChI=1S/C9H13BrN4O/c1-9(2,11)3-8(15)14-7-5-12-6(10)4-13-7/h4-5H,3,11H2,1-2H3,(H,13,14,15). The highest BCUT2D eigenvalue weighted by Gasteiger charge is 2.16. The fraction of sp³-hybridized carbons (Fsp3) is 0.444. The van der Waals surface area contributed by atoms with E-state index in [1.165, 1.54) is 12.4 Å². The minimum absolute atomic E-state index is 0.167. The molecule has 6 heteroatoms. The van der Waals surface area contributed by atoms with Gasteiger partial charge in [-0.1, -0.05) is 0 Å². The van der Waals surface area contributed by atoms with Crippen LogP contribution in [0.4, 0.5) is 5.82 Å². The van der Waals surface area contributed by atoms with Crippen molar-refractivity contribution >= 4 is 27.7 Å². The van der Waals surface area contributed by atoms with Gasteiger partial charge in [0.05, 0.1) is 12.4 Å². The Morgan fingerprint density at radius 3 is 2.67 bits per heavy atom. The summed E-state index contributed by atoms with van der Waals surface area (Å²) in [5, 5.41) is 2.61. The molecule has 0 aliphatic carbocycles. The van der Waals surface area contributed by atoms with Gasteiger partial charge in [-0.25, -0.2) is 9.97 Å².